The number of hydrogen-bond acceptors (Lipinski definition) is 3. The molecule has 90 valence electrons. The normalized spacial score (nSPS) is 12.9. The van der Waals surface area contributed by atoms with Gasteiger partial charge >= 0.3 is 0 Å². The van der Waals surface area contributed by atoms with E-state index in [1.807, 2.05) is 25.1 Å². The standard InChI is InChI=1S/C13H16N2O2/c1-9-4-3-5-11-12(9)13(17)15(8-14-11)7-6-10(2)16/h3-5,8,10,16H,6-7H2,1-2H3. The summed E-state index contributed by atoms with van der Waals surface area (Å²) in [5.74, 6) is 0. The Labute approximate surface area is 99.5 Å². The summed E-state index contributed by atoms with van der Waals surface area (Å²) in [7, 11) is 0. The molecular weight excluding hydrogens is 216 g/mol. The van der Waals surface area contributed by atoms with Gasteiger partial charge in [-0.3, -0.25) is 9.36 Å². The van der Waals surface area contributed by atoms with Crippen LogP contribution in [-0.2, 0) is 6.54 Å². The van der Waals surface area contributed by atoms with Gasteiger partial charge in [-0.2, -0.15) is 0 Å². The van der Waals surface area contributed by atoms with Crippen molar-refractivity contribution in [2.75, 3.05) is 0 Å². The van der Waals surface area contributed by atoms with Crippen molar-refractivity contribution in [2.24, 2.45) is 0 Å². The number of rotatable bonds is 3. The lowest BCUT2D eigenvalue weighted by Gasteiger charge is -2.08. The Bertz CT molecular complexity index is 587. The largest absolute Gasteiger partial charge is 0.393 e. The molecule has 0 bridgehead atoms. The average Bonchev–Trinajstić information content (AvgIpc) is 2.28. The molecule has 0 saturated heterocycles. The second kappa shape index (κ2) is 4.67. The maximum atomic E-state index is 12.2. The molecule has 0 fully saturated rings. The minimum absolute atomic E-state index is 0.0336. The maximum absolute atomic E-state index is 12.2. The van der Waals surface area contributed by atoms with E-state index in [4.69, 9.17) is 0 Å². The van der Waals surface area contributed by atoms with Crippen LogP contribution in [0.15, 0.2) is 29.3 Å². The summed E-state index contributed by atoms with van der Waals surface area (Å²) in [6.07, 6.45) is 1.69. The Morgan fingerprint density at radius 2 is 2.24 bits per heavy atom. The highest BCUT2D eigenvalue weighted by atomic mass is 16.3. The van der Waals surface area contributed by atoms with Crippen LogP contribution >= 0.6 is 0 Å². The third-order valence-corrected chi connectivity index (χ3v) is 2.85. The first-order valence-electron chi connectivity index (χ1n) is 5.72. The van der Waals surface area contributed by atoms with Crippen molar-refractivity contribution in [3.05, 3.63) is 40.4 Å². The zero-order valence-corrected chi connectivity index (χ0v) is 10.1. The van der Waals surface area contributed by atoms with Crippen molar-refractivity contribution in [3.63, 3.8) is 0 Å². The number of aliphatic hydroxyl groups excluding tert-OH is 1. The smallest absolute Gasteiger partial charge is 0.261 e. The molecule has 2 aromatic rings. The molecular formula is C13H16N2O2. The van der Waals surface area contributed by atoms with E-state index in [0.717, 1.165) is 11.1 Å². The van der Waals surface area contributed by atoms with Gasteiger partial charge in [-0.15, -0.1) is 0 Å². The topological polar surface area (TPSA) is 55.1 Å². The molecule has 0 spiro atoms. The molecule has 1 aromatic heterocycles. The third kappa shape index (κ3) is 2.36. The number of fused-ring (bicyclic) bond motifs is 1. The van der Waals surface area contributed by atoms with Crippen molar-refractivity contribution >= 4 is 10.9 Å². The van der Waals surface area contributed by atoms with Crippen LogP contribution in [-0.4, -0.2) is 20.8 Å². The molecule has 4 heteroatoms. The predicted molar refractivity (Wildman–Crippen MR) is 67.0 cm³/mol. The molecule has 0 saturated carbocycles. The predicted octanol–water partition coefficient (Wildman–Crippen LogP) is 1.48. The van der Waals surface area contributed by atoms with Crippen molar-refractivity contribution in [3.8, 4) is 0 Å². The second-order valence-electron chi connectivity index (χ2n) is 4.35. The Morgan fingerprint density at radius 1 is 1.47 bits per heavy atom. The van der Waals surface area contributed by atoms with E-state index in [-0.39, 0.29) is 5.56 Å². The van der Waals surface area contributed by atoms with Crippen LogP contribution in [0.5, 0.6) is 0 Å². The summed E-state index contributed by atoms with van der Waals surface area (Å²) in [6.45, 7) is 4.11. The molecule has 0 radical (unpaired) electrons. The Morgan fingerprint density at radius 3 is 2.94 bits per heavy atom. The Kier molecular flexibility index (Phi) is 3.24. The number of hydrogen-bond donors (Lipinski definition) is 1. The molecule has 1 heterocycles. The first kappa shape index (κ1) is 11.8. The van der Waals surface area contributed by atoms with Crippen LogP contribution in [0.2, 0.25) is 0 Å². The highest BCUT2D eigenvalue weighted by molar-refractivity contribution is 5.80. The summed E-state index contributed by atoms with van der Waals surface area (Å²) < 4.78 is 1.56. The maximum Gasteiger partial charge on any atom is 0.261 e. The van der Waals surface area contributed by atoms with Crippen LogP contribution < -0.4 is 5.56 Å². The van der Waals surface area contributed by atoms with Gasteiger partial charge in [0.2, 0.25) is 0 Å². The van der Waals surface area contributed by atoms with Gasteiger partial charge in [-0.1, -0.05) is 12.1 Å². The first-order chi connectivity index (χ1) is 8.09. The summed E-state index contributed by atoms with van der Waals surface area (Å²) in [5.41, 5.74) is 1.63. The average molecular weight is 232 g/mol. The summed E-state index contributed by atoms with van der Waals surface area (Å²) in [6, 6.07) is 5.64. The van der Waals surface area contributed by atoms with Gasteiger partial charge in [-0.05, 0) is 31.9 Å². The van der Waals surface area contributed by atoms with Crippen LogP contribution in [0, 0.1) is 6.92 Å². The van der Waals surface area contributed by atoms with Crippen LogP contribution in [0.3, 0.4) is 0 Å². The highest BCUT2D eigenvalue weighted by Crippen LogP contribution is 2.11. The van der Waals surface area contributed by atoms with E-state index >= 15 is 0 Å². The van der Waals surface area contributed by atoms with Crippen molar-refractivity contribution in [2.45, 2.75) is 32.9 Å². The van der Waals surface area contributed by atoms with Gasteiger partial charge in [0.05, 0.1) is 23.3 Å². The molecule has 1 aromatic carbocycles. The van der Waals surface area contributed by atoms with Crippen LogP contribution in [0.25, 0.3) is 10.9 Å². The number of aryl methyl sites for hydroxylation is 2. The zero-order chi connectivity index (χ0) is 12.4. The fourth-order valence-electron chi connectivity index (χ4n) is 1.85. The number of benzene rings is 1. The fourth-order valence-corrected chi connectivity index (χ4v) is 1.85. The molecule has 17 heavy (non-hydrogen) atoms. The van der Waals surface area contributed by atoms with Crippen LogP contribution in [0.4, 0.5) is 0 Å². The lowest BCUT2D eigenvalue weighted by molar-refractivity contribution is 0.177. The summed E-state index contributed by atoms with van der Waals surface area (Å²) in [4.78, 5) is 16.5. The van der Waals surface area contributed by atoms with Crippen LogP contribution in [0.1, 0.15) is 18.9 Å². The van der Waals surface area contributed by atoms with Gasteiger partial charge in [0.15, 0.2) is 0 Å². The lowest BCUT2D eigenvalue weighted by atomic mass is 10.1. The van der Waals surface area contributed by atoms with Gasteiger partial charge in [-0.25, -0.2) is 4.98 Å². The van der Waals surface area contributed by atoms with E-state index in [1.54, 1.807) is 17.8 Å². The van der Waals surface area contributed by atoms with E-state index < -0.39 is 6.10 Å². The lowest BCUT2D eigenvalue weighted by Crippen LogP contribution is -2.22. The molecule has 4 nitrogen and oxygen atoms in total. The van der Waals surface area contributed by atoms with E-state index in [2.05, 4.69) is 4.98 Å². The zero-order valence-electron chi connectivity index (χ0n) is 10.1. The minimum Gasteiger partial charge on any atom is -0.393 e. The summed E-state index contributed by atoms with van der Waals surface area (Å²) >= 11 is 0. The second-order valence-corrected chi connectivity index (χ2v) is 4.35. The molecule has 1 N–H and O–H groups in total. The monoisotopic (exact) mass is 232 g/mol. The number of nitrogens with zero attached hydrogens (tertiary/aromatic N) is 2. The van der Waals surface area contributed by atoms with Gasteiger partial charge in [0, 0.05) is 6.54 Å². The van der Waals surface area contributed by atoms with Gasteiger partial charge in [0.1, 0.15) is 0 Å². The van der Waals surface area contributed by atoms with Gasteiger partial charge < -0.3 is 5.11 Å². The number of aliphatic hydroxyl groups is 1. The SMILES string of the molecule is Cc1cccc2ncn(CCC(C)O)c(=O)c12. The van der Waals surface area contributed by atoms with Crippen molar-refractivity contribution in [1.82, 2.24) is 9.55 Å². The molecule has 0 aliphatic carbocycles. The molecule has 0 amide bonds. The first-order valence-corrected chi connectivity index (χ1v) is 5.72. The molecule has 2 rings (SSSR count). The highest BCUT2D eigenvalue weighted by Gasteiger charge is 2.06. The number of aromatic nitrogens is 2. The van der Waals surface area contributed by atoms with E-state index in [1.165, 1.54) is 0 Å². The van der Waals surface area contributed by atoms with Crippen molar-refractivity contribution in [1.29, 1.82) is 0 Å². The van der Waals surface area contributed by atoms with Crippen molar-refractivity contribution < 1.29 is 5.11 Å². The minimum atomic E-state index is -0.408. The Balaban J connectivity index is 2.50. The molecule has 0 aliphatic rings. The fraction of sp³-hybridized carbons (Fsp3) is 0.385. The Hall–Kier alpha value is -1.68. The quantitative estimate of drug-likeness (QED) is 0.872. The van der Waals surface area contributed by atoms with E-state index in [0.29, 0.717) is 18.4 Å². The van der Waals surface area contributed by atoms with Gasteiger partial charge in [0.25, 0.3) is 5.56 Å². The molecule has 0 aliphatic heterocycles. The molecule has 1 unspecified atom stereocenters. The summed E-state index contributed by atoms with van der Waals surface area (Å²) in [5, 5.41) is 9.90. The van der Waals surface area contributed by atoms with E-state index in [9.17, 15) is 9.90 Å². The molecule has 1 atom stereocenters. The third-order valence-electron chi connectivity index (χ3n) is 2.85.